The molecule has 1 heterocycles. The van der Waals surface area contributed by atoms with E-state index in [1.807, 2.05) is 4.90 Å². The van der Waals surface area contributed by atoms with Gasteiger partial charge in [-0.05, 0) is 0 Å². The van der Waals surface area contributed by atoms with Gasteiger partial charge in [-0.25, -0.2) is 0 Å². The lowest BCUT2D eigenvalue weighted by Gasteiger charge is -2.26. The van der Waals surface area contributed by atoms with Gasteiger partial charge < -0.3 is 4.90 Å². The third kappa shape index (κ3) is 3.14. The van der Waals surface area contributed by atoms with Crippen molar-refractivity contribution in [3.8, 4) is 0 Å². The van der Waals surface area contributed by atoms with E-state index in [0.29, 0.717) is 25.2 Å². The number of likely N-dealkylation sites (tertiary alicyclic amines) is 1. The summed E-state index contributed by atoms with van der Waals surface area (Å²) in [7, 11) is 3.49. The van der Waals surface area contributed by atoms with Crippen LogP contribution < -0.4 is 0 Å². The van der Waals surface area contributed by atoms with Crippen molar-refractivity contribution in [2.75, 3.05) is 33.7 Å². The molecule has 74 valence electrons. The van der Waals surface area contributed by atoms with E-state index in [4.69, 9.17) is 0 Å². The summed E-state index contributed by atoms with van der Waals surface area (Å²) in [5.74, 6) is 0.419. The van der Waals surface area contributed by atoms with Crippen LogP contribution in [0.15, 0.2) is 0 Å². The maximum Gasteiger partial charge on any atom is 0.236 e. The molecule has 0 spiro atoms. The Hall–Kier alpha value is -0.900. The lowest BCUT2D eigenvalue weighted by Crippen LogP contribution is -2.41. The molecule has 0 aromatic carbocycles. The molecule has 0 N–H and O–H groups in total. The first-order chi connectivity index (χ1) is 6.09. The molecular weight excluding hydrogens is 168 g/mol. The zero-order chi connectivity index (χ0) is 9.84. The zero-order valence-electron chi connectivity index (χ0n) is 8.25. The Morgan fingerprint density at radius 2 is 1.92 bits per heavy atom. The number of hydrogen-bond acceptors (Lipinski definition) is 3. The molecule has 1 rings (SSSR count). The maximum atomic E-state index is 11.3. The molecule has 0 aromatic rings. The summed E-state index contributed by atoms with van der Waals surface area (Å²) < 4.78 is 0. The van der Waals surface area contributed by atoms with Gasteiger partial charge in [0, 0.05) is 40.0 Å². The maximum absolute atomic E-state index is 11.3. The smallest absolute Gasteiger partial charge is 0.236 e. The van der Waals surface area contributed by atoms with Crippen LogP contribution in [0.4, 0.5) is 0 Å². The van der Waals surface area contributed by atoms with E-state index in [9.17, 15) is 9.59 Å². The molecule has 4 heteroatoms. The van der Waals surface area contributed by atoms with Gasteiger partial charge in [-0.1, -0.05) is 0 Å². The van der Waals surface area contributed by atoms with E-state index in [1.54, 1.807) is 19.0 Å². The third-order valence-electron chi connectivity index (χ3n) is 2.27. The first-order valence-corrected chi connectivity index (χ1v) is 4.54. The van der Waals surface area contributed by atoms with Gasteiger partial charge in [0.1, 0.15) is 5.78 Å². The lowest BCUT2D eigenvalue weighted by molar-refractivity contribution is -0.131. The largest absolute Gasteiger partial charge is 0.348 e. The Bertz CT molecular complexity index is 204. The monoisotopic (exact) mass is 184 g/mol. The second-order valence-electron chi connectivity index (χ2n) is 3.60. The van der Waals surface area contributed by atoms with Gasteiger partial charge in [-0.15, -0.1) is 0 Å². The number of rotatable bonds is 2. The summed E-state index contributed by atoms with van der Waals surface area (Å²) in [4.78, 5) is 25.8. The molecule has 1 saturated heterocycles. The van der Waals surface area contributed by atoms with Gasteiger partial charge >= 0.3 is 0 Å². The van der Waals surface area contributed by atoms with Crippen LogP contribution >= 0.6 is 0 Å². The highest BCUT2D eigenvalue weighted by molar-refractivity contribution is 5.80. The summed E-state index contributed by atoms with van der Waals surface area (Å²) in [6.07, 6.45) is 1.20. The Labute approximate surface area is 78.5 Å². The predicted molar refractivity (Wildman–Crippen MR) is 49.4 cm³/mol. The van der Waals surface area contributed by atoms with Crippen LogP contribution in [0.5, 0.6) is 0 Å². The number of Topliss-reactive ketones (excluding diaryl/α,β-unsaturated/α-hetero) is 1. The van der Waals surface area contributed by atoms with E-state index in [2.05, 4.69) is 0 Å². The Morgan fingerprint density at radius 3 is 2.38 bits per heavy atom. The highest BCUT2D eigenvalue weighted by Gasteiger charge is 2.18. The van der Waals surface area contributed by atoms with Crippen molar-refractivity contribution in [1.29, 1.82) is 0 Å². The second kappa shape index (κ2) is 4.37. The summed E-state index contributed by atoms with van der Waals surface area (Å²) in [5, 5.41) is 0. The Kier molecular flexibility index (Phi) is 3.42. The van der Waals surface area contributed by atoms with Crippen LogP contribution in [-0.2, 0) is 9.59 Å². The van der Waals surface area contributed by atoms with Crippen LogP contribution in [-0.4, -0.2) is 55.2 Å². The van der Waals surface area contributed by atoms with Crippen molar-refractivity contribution in [1.82, 2.24) is 9.80 Å². The molecule has 1 amide bonds. The molecule has 0 radical (unpaired) electrons. The van der Waals surface area contributed by atoms with Gasteiger partial charge in [0.25, 0.3) is 0 Å². The molecule has 1 aliphatic heterocycles. The number of piperidine rings is 1. The zero-order valence-corrected chi connectivity index (χ0v) is 8.25. The molecule has 0 bridgehead atoms. The molecule has 4 nitrogen and oxygen atoms in total. The van der Waals surface area contributed by atoms with E-state index in [1.165, 1.54) is 0 Å². The quantitative estimate of drug-likeness (QED) is 0.593. The summed E-state index contributed by atoms with van der Waals surface area (Å²) in [6.45, 7) is 1.91. The van der Waals surface area contributed by atoms with Crippen molar-refractivity contribution in [3.05, 3.63) is 0 Å². The van der Waals surface area contributed by atoms with Crippen molar-refractivity contribution in [3.63, 3.8) is 0 Å². The van der Waals surface area contributed by atoms with Crippen LogP contribution in [0.3, 0.4) is 0 Å². The van der Waals surface area contributed by atoms with Gasteiger partial charge in [-0.3, -0.25) is 14.5 Å². The predicted octanol–water partition coefficient (Wildman–Crippen LogP) is -0.261. The number of hydrogen-bond donors (Lipinski definition) is 0. The number of ketones is 1. The van der Waals surface area contributed by atoms with Gasteiger partial charge in [0.15, 0.2) is 0 Å². The molecule has 0 atom stereocenters. The molecule has 0 saturated carbocycles. The number of carbonyl (C=O) groups excluding carboxylic acids is 2. The highest BCUT2D eigenvalue weighted by Crippen LogP contribution is 2.05. The molecule has 0 unspecified atom stereocenters. The van der Waals surface area contributed by atoms with E-state index < -0.39 is 0 Å². The number of amides is 1. The van der Waals surface area contributed by atoms with Crippen LogP contribution in [0.2, 0.25) is 0 Å². The Morgan fingerprint density at radius 1 is 1.38 bits per heavy atom. The summed E-state index contributed by atoms with van der Waals surface area (Å²) in [5.41, 5.74) is 0. The third-order valence-corrected chi connectivity index (χ3v) is 2.27. The van der Waals surface area contributed by atoms with Gasteiger partial charge in [0.2, 0.25) is 5.91 Å². The average molecular weight is 184 g/mol. The molecule has 0 aromatic heterocycles. The molecule has 13 heavy (non-hydrogen) atoms. The van der Waals surface area contributed by atoms with Crippen LogP contribution in [0.1, 0.15) is 12.8 Å². The van der Waals surface area contributed by atoms with Crippen molar-refractivity contribution < 1.29 is 9.59 Å². The highest BCUT2D eigenvalue weighted by atomic mass is 16.2. The van der Waals surface area contributed by atoms with Crippen molar-refractivity contribution in [2.45, 2.75) is 12.8 Å². The van der Waals surface area contributed by atoms with Gasteiger partial charge in [0.05, 0.1) is 6.54 Å². The fourth-order valence-corrected chi connectivity index (χ4v) is 1.29. The fourth-order valence-electron chi connectivity index (χ4n) is 1.29. The van der Waals surface area contributed by atoms with E-state index >= 15 is 0 Å². The minimum atomic E-state index is 0.106. The first-order valence-electron chi connectivity index (χ1n) is 4.54. The van der Waals surface area contributed by atoms with E-state index in [-0.39, 0.29) is 5.91 Å². The van der Waals surface area contributed by atoms with Gasteiger partial charge in [-0.2, -0.15) is 0 Å². The fraction of sp³-hybridized carbons (Fsp3) is 0.778. The standard InChI is InChI=1S/C9H16N2O2/c1-10(2)9(13)7-11-5-3-8(12)4-6-11/h3-7H2,1-2H3. The summed E-state index contributed by atoms with van der Waals surface area (Å²) in [6, 6.07) is 0. The number of carbonyl (C=O) groups is 2. The lowest BCUT2D eigenvalue weighted by atomic mass is 10.1. The topological polar surface area (TPSA) is 40.6 Å². The Balaban J connectivity index is 2.30. The molecule has 1 aliphatic rings. The van der Waals surface area contributed by atoms with Crippen LogP contribution in [0, 0.1) is 0 Å². The summed E-state index contributed by atoms with van der Waals surface area (Å²) >= 11 is 0. The number of likely N-dealkylation sites (N-methyl/N-ethyl adjacent to an activating group) is 1. The van der Waals surface area contributed by atoms with Crippen molar-refractivity contribution in [2.24, 2.45) is 0 Å². The average Bonchev–Trinajstić information content (AvgIpc) is 2.08. The SMILES string of the molecule is CN(C)C(=O)CN1CCC(=O)CC1. The van der Waals surface area contributed by atoms with E-state index in [0.717, 1.165) is 13.1 Å². The van der Waals surface area contributed by atoms with Crippen LogP contribution in [0.25, 0.3) is 0 Å². The molecule has 0 aliphatic carbocycles. The molecular formula is C9H16N2O2. The molecule has 1 fully saturated rings. The first kappa shape index (κ1) is 10.2. The van der Waals surface area contributed by atoms with Crippen molar-refractivity contribution >= 4 is 11.7 Å². The minimum Gasteiger partial charge on any atom is -0.348 e. The minimum absolute atomic E-state index is 0.106. The number of nitrogens with zero attached hydrogens (tertiary/aromatic N) is 2. The normalized spacial score (nSPS) is 18.8. The second-order valence-corrected chi connectivity index (χ2v) is 3.60.